The lowest BCUT2D eigenvalue weighted by Crippen LogP contribution is -2.34. The molecule has 78 valence electrons. The maximum Gasteiger partial charge on any atom is 0.232 e. The second-order valence-corrected chi connectivity index (χ2v) is 4.03. The molecule has 14 heavy (non-hydrogen) atoms. The van der Waals surface area contributed by atoms with Gasteiger partial charge in [-0.2, -0.15) is 0 Å². The number of amides is 1. The first kappa shape index (κ1) is 9.39. The Balaban J connectivity index is 1.88. The number of likely N-dealkylation sites (tertiary alicyclic amines) is 1. The van der Waals surface area contributed by atoms with Gasteiger partial charge in [-0.05, 0) is 6.42 Å². The van der Waals surface area contributed by atoms with Crippen molar-refractivity contribution in [2.75, 3.05) is 13.1 Å². The number of carbonyl (C=O) groups is 1. The van der Waals surface area contributed by atoms with Crippen molar-refractivity contribution >= 4 is 5.91 Å². The molecule has 1 amide bonds. The highest BCUT2D eigenvalue weighted by atomic mass is 16.6. The maximum absolute atomic E-state index is 11.6. The normalized spacial score (nSPS) is 35.8. The first-order valence-corrected chi connectivity index (χ1v) is 4.77. The van der Waals surface area contributed by atoms with Gasteiger partial charge in [-0.15, -0.1) is 0 Å². The molecule has 0 radical (unpaired) electrons. The molecule has 6 heteroatoms. The molecule has 2 fully saturated rings. The summed E-state index contributed by atoms with van der Waals surface area (Å²) in [5.41, 5.74) is 5.65. The fourth-order valence-electron chi connectivity index (χ4n) is 1.90. The van der Waals surface area contributed by atoms with Crippen LogP contribution in [0.4, 0.5) is 0 Å². The van der Waals surface area contributed by atoms with Crippen molar-refractivity contribution in [3.63, 3.8) is 0 Å². The van der Waals surface area contributed by atoms with E-state index in [-0.39, 0.29) is 22.8 Å². The molecule has 0 spiro atoms. The molecular weight excluding hydrogens is 186 g/mol. The molecule has 0 aromatic rings. The van der Waals surface area contributed by atoms with Crippen LogP contribution in [-0.4, -0.2) is 40.9 Å². The molecule has 1 saturated carbocycles. The maximum atomic E-state index is 11.6. The van der Waals surface area contributed by atoms with Crippen molar-refractivity contribution < 1.29 is 9.72 Å². The summed E-state index contributed by atoms with van der Waals surface area (Å²) in [5.74, 6) is -0.463. The zero-order chi connectivity index (χ0) is 10.3. The summed E-state index contributed by atoms with van der Waals surface area (Å²) in [5, 5.41) is 10.4. The van der Waals surface area contributed by atoms with E-state index in [4.69, 9.17) is 5.73 Å². The quantitative estimate of drug-likeness (QED) is 0.466. The van der Waals surface area contributed by atoms with Crippen LogP contribution in [-0.2, 0) is 4.79 Å². The minimum absolute atomic E-state index is 0.0479. The second-order valence-electron chi connectivity index (χ2n) is 4.03. The molecule has 3 unspecified atom stereocenters. The Bertz CT molecular complexity index is 281. The Morgan fingerprint density at radius 3 is 2.71 bits per heavy atom. The summed E-state index contributed by atoms with van der Waals surface area (Å²) in [6.45, 7) is 1.21. The predicted molar refractivity (Wildman–Crippen MR) is 48.1 cm³/mol. The third-order valence-electron chi connectivity index (χ3n) is 2.88. The molecule has 1 heterocycles. The van der Waals surface area contributed by atoms with Crippen LogP contribution in [0.2, 0.25) is 0 Å². The van der Waals surface area contributed by atoms with Gasteiger partial charge in [0.25, 0.3) is 0 Å². The molecule has 0 aromatic carbocycles. The van der Waals surface area contributed by atoms with Crippen LogP contribution in [0.5, 0.6) is 0 Å². The van der Waals surface area contributed by atoms with E-state index in [0.717, 1.165) is 6.42 Å². The highest BCUT2D eigenvalue weighted by Gasteiger charge is 2.55. The fourth-order valence-corrected chi connectivity index (χ4v) is 1.90. The highest BCUT2D eigenvalue weighted by molar-refractivity contribution is 5.82. The molecule has 1 aliphatic heterocycles. The van der Waals surface area contributed by atoms with Crippen molar-refractivity contribution in [3.8, 4) is 0 Å². The van der Waals surface area contributed by atoms with Crippen LogP contribution in [0.25, 0.3) is 0 Å². The number of rotatable bonds is 2. The Hall–Kier alpha value is -1.17. The van der Waals surface area contributed by atoms with E-state index >= 15 is 0 Å². The Morgan fingerprint density at radius 1 is 1.57 bits per heavy atom. The lowest BCUT2D eigenvalue weighted by atomic mass is 10.3. The predicted octanol–water partition coefficient (Wildman–Crippen LogP) is -0.789. The van der Waals surface area contributed by atoms with Crippen LogP contribution in [0.15, 0.2) is 0 Å². The molecular formula is C8H13N3O3. The van der Waals surface area contributed by atoms with Gasteiger partial charge in [0.05, 0.1) is 0 Å². The van der Waals surface area contributed by atoms with E-state index in [0.29, 0.717) is 19.5 Å². The van der Waals surface area contributed by atoms with Gasteiger partial charge in [0.2, 0.25) is 11.9 Å². The first-order valence-electron chi connectivity index (χ1n) is 4.77. The zero-order valence-electron chi connectivity index (χ0n) is 7.76. The number of carbonyl (C=O) groups excluding carboxylic acids is 1. The van der Waals surface area contributed by atoms with Gasteiger partial charge in [-0.25, -0.2) is 0 Å². The van der Waals surface area contributed by atoms with Crippen LogP contribution < -0.4 is 5.73 Å². The Kier molecular flexibility index (Phi) is 2.14. The third-order valence-corrected chi connectivity index (χ3v) is 2.88. The van der Waals surface area contributed by atoms with E-state index in [2.05, 4.69) is 0 Å². The van der Waals surface area contributed by atoms with Gasteiger partial charge in [0.15, 0.2) is 0 Å². The monoisotopic (exact) mass is 199 g/mol. The molecule has 1 aliphatic carbocycles. The number of nitrogens with two attached hydrogens (primary N) is 1. The zero-order valence-corrected chi connectivity index (χ0v) is 7.76. The van der Waals surface area contributed by atoms with E-state index in [9.17, 15) is 14.9 Å². The lowest BCUT2D eigenvalue weighted by molar-refractivity contribution is -0.497. The van der Waals surface area contributed by atoms with Crippen LogP contribution >= 0.6 is 0 Å². The topological polar surface area (TPSA) is 89.5 Å². The average Bonchev–Trinajstić information content (AvgIpc) is 2.82. The van der Waals surface area contributed by atoms with Crippen molar-refractivity contribution in [1.82, 2.24) is 4.90 Å². The van der Waals surface area contributed by atoms with Crippen molar-refractivity contribution in [2.24, 2.45) is 11.7 Å². The summed E-state index contributed by atoms with van der Waals surface area (Å²) in [7, 11) is 0. The van der Waals surface area contributed by atoms with E-state index in [1.807, 2.05) is 0 Å². The van der Waals surface area contributed by atoms with Crippen LogP contribution in [0.1, 0.15) is 12.8 Å². The van der Waals surface area contributed by atoms with Gasteiger partial charge in [0.1, 0.15) is 5.92 Å². The summed E-state index contributed by atoms with van der Waals surface area (Å²) in [6, 6.07) is -0.592. The molecule has 0 bridgehead atoms. The van der Waals surface area contributed by atoms with Gasteiger partial charge >= 0.3 is 0 Å². The smallest absolute Gasteiger partial charge is 0.232 e. The van der Waals surface area contributed by atoms with Crippen molar-refractivity contribution in [2.45, 2.75) is 24.9 Å². The molecule has 3 atom stereocenters. The van der Waals surface area contributed by atoms with E-state index in [1.54, 1.807) is 4.90 Å². The van der Waals surface area contributed by atoms with E-state index < -0.39 is 6.04 Å². The van der Waals surface area contributed by atoms with Gasteiger partial charge in [0, 0.05) is 30.5 Å². The average molecular weight is 199 g/mol. The highest BCUT2D eigenvalue weighted by Crippen LogP contribution is 2.35. The van der Waals surface area contributed by atoms with E-state index in [1.165, 1.54) is 0 Å². The molecule has 2 aliphatic rings. The molecule has 6 nitrogen and oxygen atoms in total. The van der Waals surface area contributed by atoms with Crippen LogP contribution in [0.3, 0.4) is 0 Å². The molecule has 2 N–H and O–H groups in total. The largest absolute Gasteiger partial charge is 0.341 e. The minimum atomic E-state index is -0.640. The number of hydrogen-bond acceptors (Lipinski definition) is 4. The summed E-state index contributed by atoms with van der Waals surface area (Å²) >= 11 is 0. The summed E-state index contributed by atoms with van der Waals surface area (Å²) < 4.78 is 0. The van der Waals surface area contributed by atoms with Crippen molar-refractivity contribution in [3.05, 3.63) is 10.1 Å². The first-order chi connectivity index (χ1) is 6.59. The Morgan fingerprint density at radius 2 is 2.29 bits per heavy atom. The number of hydrogen-bond donors (Lipinski definition) is 1. The number of nitro groups is 1. The van der Waals surface area contributed by atoms with Gasteiger partial charge < -0.3 is 10.6 Å². The number of nitrogens with zero attached hydrogens (tertiary/aromatic N) is 2. The van der Waals surface area contributed by atoms with Gasteiger partial charge in [-0.1, -0.05) is 0 Å². The van der Waals surface area contributed by atoms with Crippen molar-refractivity contribution in [1.29, 1.82) is 0 Å². The molecule has 1 saturated heterocycles. The summed E-state index contributed by atoms with van der Waals surface area (Å²) in [4.78, 5) is 23.3. The molecule has 0 aromatic heterocycles. The third kappa shape index (κ3) is 1.57. The second kappa shape index (κ2) is 3.20. The summed E-state index contributed by atoms with van der Waals surface area (Å²) in [6.07, 6.45) is 1.21. The lowest BCUT2D eigenvalue weighted by Gasteiger charge is -2.14. The standard InChI is InChI=1S/C8H13N3O3/c9-5-1-2-10(4-5)8(12)6-3-7(6)11(13)14/h5-7H,1-4,9H2. The molecule has 2 rings (SSSR count). The Labute approximate surface area is 81.2 Å². The SMILES string of the molecule is NC1CCN(C(=O)C2CC2[N+](=O)[O-])C1. The van der Waals surface area contributed by atoms with Gasteiger partial charge in [-0.3, -0.25) is 14.9 Å². The minimum Gasteiger partial charge on any atom is -0.341 e. The van der Waals surface area contributed by atoms with Crippen LogP contribution in [0, 0.1) is 16.0 Å². The fraction of sp³-hybridized carbons (Fsp3) is 0.875.